The molecule has 0 aliphatic carbocycles. The van der Waals surface area contributed by atoms with Gasteiger partial charge >= 0.3 is 6.09 Å². The summed E-state index contributed by atoms with van der Waals surface area (Å²) in [6, 6.07) is 18.0. The van der Waals surface area contributed by atoms with Crippen molar-refractivity contribution in [1.29, 1.82) is 0 Å². The first-order valence-electron chi connectivity index (χ1n) is 11.7. The molecule has 0 aliphatic heterocycles. The predicted molar refractivity (Wildman–Crippen MR) is 148 cm³/mol. The van der Waals surface area contributed by atoms with E-state index < -0.39 is 18.0 Å². The number of benzene rings is 2. The Morgan fingerprint density at radius 1 is 1.05 bits per heavy atom. The molecule has 4 aromatic rings. The number of carboxylic acid groups (broad SMARTS) is 1. The van der Waals surface area contributed by atoms with Crippen molar-refractivity contribution in [3.63, 3.8) is 0 Å². The Bertz CT molecular complexity index is 1420. The van der Waals surface area contributed by atoms with Gasteiger partial charge in [0.25, 0.3) is 5.91 Å². The van der Waals surface area contributed by atoms with Gasteiger partial charge in [0.05, 0.1) is 17.9 Å². The average Bonchev–Trinajstić information content (AvgIpc) is 3.45. The van der Waals surface area contributed by atoms with Crippen LogP contribution < -0.4 is 11.1 Å². The van der Waals surface area contributed by atoms with E-state index in [1.165, 1.54) is 4.90 Å². The van der Waals surface area contributed by atoms with Crippen molar-refractivity contribution in [2.24, 2.45) is 0 Å². The van der Waals surface area contributed by atoms with Gasteiger partial charge in [-0.25, -0.2) is 4.79 Å². The second-order valence-electron chi connectivity index (χ2n) is 8.76. The van der Waals surface area contributed by atoms with Crippen LogP contribution in [0.3, 0.4) is 0 Å². The molecular weight excluding hydrogens is 502 g/mol. The van der Waals surface area contributed by atoms with Crippen molar-refractivity contribution in [3.8, 4) is 10.4 Å². The minimum absolute atomic E-state index is 0.0322. The molecule has 10 heteroatoms. The minimum Gasteiger partial charge on any atom is -0.465 e. The molecule has 0 radical (unpaired) electrons. The molecule has 0 fully saturated rings. The third-order valence-corrected chi connectivity index (χ3v) is 6.82. The number of nitrogens with zero attached hydrogens (tertiary/aromatic N) is 3. The number of anilines is 2. The van der Waals surface area contributed by atoms with E-state index in [1.54, 1.807) is 80.3 Å². The highest BCUT2D eigenvalue weighted by Gasteiger charge is 2.32. The normalized spacial score (nSPS) is 11.4. The molecule has 194 valence electrons. The van der Waals surface area contributed by atoms with Gasteiger partial charge in [-0.1, -0.05) is 30.3 Å². The van der Waals surface area contributed by atoms with Crippen molar-refractivity contribution < 1.29 is 19.5 Å². The number of aromatic nitrogens is 1. The SMILES string of the molecule is CN(C)C(=O)C(c1ccc(C(=O)Nc2cc(-c3cccs3)ccc2N)cc1)N(Cc1cccnc1)C(=O)O. The molecule has 1 atom stereocenters. The first-order valence-corrected chi connectivity index (χ1v) is 12.6. The summed E-state index contributed by atoms with van der Waals surface area (Å²) in [5, 5.41) is 14.8. The van der Waals surface area contributed by atoms with Crippen molar-refractivity contribution in [2.75, 3.05) is 25.1 Å². The van der Waals surface area contributed by atoms with Gasteiger partial charge in [-0.05, 0) is 58.5 Å². The number of hydrogen-bond donors (Lipinski definition) is 3. The molecule has 2 aromatic carbocycles. The highest BCUT2D eigenvalue weighted by molar-refractivity contribution is 7.13. The first kappa shape index (κ1) is 26.4. The number of likely N-dealkylation sites (N-methyl/N-ethyl adjacent to an activating group) is 1. The zero-order chi connectivity index (χ0) is 27.2. The molecule has 4 N–H and O–H groups in total. The maximum absolute atomic E-state index is 13.1. The standard InChI is InChI=1S/C28H27N5O4S/c1-32(2)27(35)25(33(28(36)37)17-18-5-3-13-30-16-18)19-7-9-20(10-8-19)26(34)31-23-15-21(11-12-22(23)29)24-6-4-14-38-24/h3-16,25H,17,29H2,1-2H3,(H,31,34)(H,36,37). The number of thiophene rings is 1. The Labute approximate surface area is 224 Å². The molecule has 0 bridgehead atoms. The number of carbonyl (C=O) groups is 3. The predicted octanol–water partition coefficient (Wildman–Crippen LogP) is 4.95. The highest BCUT2D eigenvalue weighted by atomic mass is 32.1. The van der Waals surface area contributed by atoms with Crippen LogP contribution in [-0.2, 0) is 11.3 Å². The van der Waals surface area contributed by atoms with Gasteiger partial charge in [0.15, 0.2) is 0 Å². The molecule has 9 nitrogen and oxygen atoms in total. The molecule has 38 heavy (non-hydrogen) atoms. The van der Waals surface area contributed by atoms with E-state index in [4.69, 9.17) is 5.73 Å². The molecule has 0 saturated heterocycles. The zero-order valence-electron chi connectivity index (χ0n) is 20.9. The lowest BCUT2D eigenvalue weighted by Gasteiger charge is -2.31. The molecule has 0 aliphatic rings. The summed E-state index contributed by atoms with van der Waals surface area (Å²) in [6.07, 6.45) is 1.89. The van der Waals surface area contributed by atoms with Crippen molar-refractivity contribution in [3.05, 3.63) is 101 Å². The van der Waals surface area contributed by atoms with Crippen LogP contribution in [0, 0.1) is 0 Å². The van der Waals surface area contributed by atoms with Gasteiger partial charge in [-0.3, -0.25) is 19.5 Å². The minimum atomic E-state index is -1.25. The van der Waals surface area contributed by atoms with E-state index in [-0.39, 0.29) is 12.5 Å². The monoisotopic (exact) mass is 529 g/mol. The van der Waals surface area contributed by atoms with Crippen LogP contribution in [0.5, 0.6) is 0 Å². The lowest BCUT2D eigenvalue weighted by molar-refractivity contribution is -0.134. The number of nitrogens with two attached hydrogens (primary N) is 1. The summed E-state index contributed by atoms with van der Waals surface area (Å²) in [5.41, 5.74) is 9.37. The van der Waals surface area contributed by atoms with Crippen LogP contribution in [0.4, 0.5) is 16.2 Å². The third kappa shape index (κ3) is 5.98. The van der Waals surface area contributed by atoms with Gasteiger partial charge in [0, 0.05) is 36.9 Å². The van der Waals surface area contributed by atoms with Crippen LogP contribution >= 0.6 is 11.3 Å². The fraction of sp³-hybridized carbons (Fsp3) is 0.143. The largest absolute Gasteiger partial charge is 0.465 e. The Kier molecular flexibility index (Phi) is 8.03. The summed E-state index contributed by atoms with van der Waals surface area (Å²) in [4.78, 5) is 45.9. The van der Waals surface area contributed by atoms with E-state index in [1.807, 2.05) is 29.6 Å². The molecule has 0 saturated carbocycles. The maximum atomic E-state index is 13.1. The Morgan fingerprint density at radius 2 is 1.82 bits per heavy atom. The van der Waals surface area contributed by atoms with E-state index in [0.717, 1.165) is 15.3 Å². The molecular formula is C28H27N5O4S. The van der Waals surface area contributed by atoms with Crippen LogP contribution in [0.1, 0.15) is 27.5 Å². The molecule has 2 heterocycles. The molecule has 1 unspecified atom stereocenters. The van der Waals surface area contributed by atoms with Gasteiger partial charge in [-0.2, -0.15) is 0 Å². The second kappa shape index (κ2) is 11.6. The molecule has 0 spiro atoms. The number of carbonyl (C=O) groups excluding carboxylic acids is 2. The van der Waals surface area contributed by atoms with Crippen molar-refractivity contribution in [2.45, 2.75) is 12.6 Å². The van der Waals surface area contributed by atoms with Crippen molar-refractivity contribution in [1.82, 2.24) is 14.8 Å². The smallest absolute Gasteiger partial charge is 0.408 e. The van der Waals surface area contributed by atoms with Crippen LogP contribution in [0.15, 0.2) is 84.5 Å². The fourth-order valence-electron chi connectivity index (χ4n) is 3.93. The fourth-order valence-corrected chi connectivity index (χ4v) is 4.65. The van der Waals surface area contributed by atoms with Crippen LogP contribution in [0.25, 0.3) is 10.4 Å². The van der Waals surface area contributed by atoms with E-state index in [2.05, 4.69) is 10.3 Å². The Morgan fingerprint density at radius 3 is 2.42 bits per heavy atom. The van der Waals surface area contributed by atoms with Gasteiger partial charge < -0.3 is 21.1 Å². The number of pyridine rings is 1. The van der Waals surface area contributed by atoms with Gasteiger partial charge in [0.2, 0.25) is 5.91 Å². The number of nitrogens with one attached hydrogen (secondary N) is 1. The maximum Gasteiger partial charge on any atom is 0.408 e. The molecule has 3 amide bonds. The quantitative estimate of drug-likeness (QED) is 0.277. The first-order chi connectivity index (χ1) is 18.2. The summed E-state index contributed by atoms with van der Waals surface area (Å²) >= 11 is 1.59. The summed E-state index contributed by atoms with van der Waals surface area (Å²) < 4.78 is 0. The summed E-state index contributed by atoms with van der Waals surface area (Å²) in [6.45, 7) is -0.0322. The zero-order valence-corrected chi connectivity index (χ0v) is 21.7. The molecule has 2 aromatic heterocycles. The topological polar surface area (TPSA) is 129 Å². The van der Waals surface area contributed by atoms with Crippen molar-refractivity contribution >= 4 is 40.6 Å². The number of nitrogen functional groups attached to an aromatic ring is 1. The third-order valence-electron chi connectivity index (χ3n) is 5.90. The van der Waals surface area contributed by atoms with E-state index >= 15 is 0 Å². The summed E-state index contributed by atoms with van der Waals surface area (Å²) in [7, 11) is 3.13. The number of amides is 3. The Balaban J connectivity index is 1.59. The van der Waals surface area contributed by atoms with E-state index in [9.17, 15) is 19.5 Å². The number of hydrogen-bond acceptors (Lipinski definition) is 6. The lowest BCUT2D eigenvalue weighted by atomic mass is 10.0. The average molecular weight is 530 g/mol. The highest BCUT2D eigenvalue weighted by Crippen LogP contribution is 2.31. The van der Waals surface area contributed by atoms with Crippen LogP contribution in [-0.4, -0.2) is 51.9 Å². The second-order valence-corrected chi connectivity index (χ2v) is 9.71. The van der Waals surface area contributed by atoms with Gasteiger partial charge in [-0.15, -0.1) is 11.3 Å². The lowest BCUT2D eigenvalue weighted by Crippen LogP contribution is -2.42. The number of rotatable bonds is 8. The molecule has 4 rings (SSSR count). The van der Waals surface area contributed by atoms with Gasteiger partial charge in [0.1, 0.15) is 6.04 Å². The van der Waals surface area contributed by atoms with Crippen LogP contribution in [0.2, 0.25) is 0 Å². The van der Waals surface area contributed by atoms with E-state index in [0.29, 0.717) is 28.1 Å². The Hall–Kier alpha value is -4.70. The summed E-state index contributed by atoms with van der Waals surface area (Å²) in [5.74, 6) is -0.792.